The van der Waals surface area contributed by atoms with Crippen LogP contribution in [-0.4, -0.2) is 62.8 Å². The van der Waals surface area contributed by atoms with E-state index in [2.05, 4.69) is 49.0 Å². The quantitative estimate of drug-likeness (QED) is 0.578. The summed E-state index contributed by atoms with van der Waals surface area (Å²) in [4.78, 5) is 0. The maximum absolute atomic E-state index is 2.37. The molecule has 2 heteroatoms. The first-order valence-electron chi connectivity index (χ1n) is 5.90. The molecule has 0 aromatic rings. The predicted molar refractivity (Wildman–Crippen MR) is 64.2 cm³/mol. The summed E-state index contributed by atoms with van der Waals surface area (Å²) in [6.45, 7) is 10.7. The molecule has 2 nitrogen and oxygen atoms in total. The first-order valence-corrected chi connectivity index (χ1v) is 5.90. The number of hydrogen-bond acceptors (Lipinski definition) is 0. The van der Waals surface area contributed by atoms with Crippen LogP contribution in [0.5, 0.6) is 0 Å². The molecule has 86 valence electrons. The highest BCUT2D eigenvalue weighted by molar-refractivity contribution is 4.50. The zero-order valence-corrected chi connectivity index (χ0v) is 11.3. The van der Waals surface area contributed by atoms with Gasteiger partial charge in [-0.05, 0) is 20.8 Å². The Kier molecular flexibility index (Phi) is 5.10. The molecule has 0 amide bonds. The van der Waals surface area contributed by atoms with Gasteiger partial charge in [0.15, 0.2) is 0 Å². The summed E-state index contributed by atoms with van der Waals surface area (Å²) in [5.74, 6) is 0. The van der Waals surface area contributed by atoms with Crippen LogP contribution in [0.15, 0.2) is 0 Å². The maximum atomic E-state index is 2.37. The Morgan fingerprint density at radius 2 is 1.43 bits per heavy atom. The lowest BCUT2D eigenvalue weighted by molar-refractivity contribution is -0.923. The molecule has 0 aliphatic heterocycles. The summed E-state index contributed by atoms with van der Waals surface area (Å²) in [6, 6.07) is 0.768. The molecular weight excluding hydrogens is 172 g/mol. The Morgan fingerprint density at radius 3 is 1.79 bits per heavy atom. The highest BCUT2D eigenvalue weighted by atomic mass is 15.3. The van der Waals surface area contributed by atoms with Gasteiger partial charge in [0.1, 0.15) is 0 Å². The second kappa shape index (κ2) is 5.13. The molecule has 0 aromatic carbocycles. The maximum Gasteiger partial charge on any atom is 0.0911 e. The molecule has 0 aromatic heterocycles. The summed E-state index contributed by atoms with van der Waals surface area (Å²) in [5.41, 5.74) is 0. The monoisotopic (exact) mass is 202 g/mol. The van der Waals surface area contributed by atoms with Gasteiger partial charge in [-0.2, -0.15) is 0 Å². The molecular formula is C12H30N2+2. The Bertz CT molecular complexity index is 162. The highest BCUT2D eigenvalue weighted by Gasteiger charge is 2.24. The van der Waals surface area contributed by atoms with Gasteiger partial charge in [0.05, 0.1) is 53.9 Å². The molecule has 0 saturated heterocycles. The van der Waals surface area contributed by atoms with Gasteiger partial charge < -0.3 is 8.97 Å². The summed E-state index contributed by atoms with van der Waals surface area (Å²) in [6.07, 6.45) is 1.32. The van der Waals surface area contributed by atoms with Crippen LogP contribution < -0.4 is 0 Å². The van der Waals surface area contributed by atoms with Gasteiger partial charge in [-0.1, -0.05) is 0 Å². The Labute approximate surface area is 90.7 Å². The van der Waals surface area contributed by atoms with E-state index < -0.39 is 0 Å². The van der Waals surface area contributed by atoms with Crippen LogP contribution in [0, 0.1) is 0 Å². The molecule has 0 heterocycles. The van der Waals surface area contributed by atoms with E-state index in [4.69, 9.17) is 0 Å². The van der Waals surface area contributed by atoms with Crippen LogP contribution >= 0.6 is 0 Å². The van der Waals surface area contributed by atoms with Crippen molar-refractivity contribution in [1.82, 2.24) is 0 Å². The van der Waals surface area contributed by atoms with Crippen molar-refractivity contribution in [2.24, 2.45) is 0 Å². The van der Waals surface area contributed by atoms with E-state index in [-0.39, 0.29) is 0 Å². The van der Waals surface area contributed by atoms with Gasteiger partial charge in [-0.15, -0.1) is 0 Å². The van der Waals surface area contributed by atoms with Gasteiger partial charge >= 0.3 is 0 Å². The second-order valence-corrected chi connectivity index (χ2v) is 5.71. The predicted octanol–water partition coefficient (Wildman–Crippen LogP) is 1.96. The van der Waals surface area contributed by atoms with Crippen molar-refractivity contribution in [2.75, 3.05) is 47.8 Å². The first-order chi connectivity index (χ1) is 6.25. The van der Waals surface area contributed by atoms with Crippen molar-refractivity contribution >= 4 is 0 Å². The average Bonchev–Trinajstić information content (AvgIpc) is 2.14. The second-order valence-electron chi connectivity index (χ2n) is 5.71. The molecule has 0 N–H and O–H groups in total. The highest BCUT2D eigenvalue weighted by Crippen LogP contribution is 2.11. The van der Waals surface area contributed by atoms with Gasteiger partial charge in [-0.3, -0.25) is 0 Å². The molecule has 0 rings (SSSR count). The lowest BCUT2D eigenvalue weighted by Gasteiger charge is -2.37. The van der Waals surface area contributed by atoms with E-state index in [0.717, 1.165) is 15.0 Å². The van der Waals surface area contributed by atoms with E-state index in [0.29, 0.717) is 0 Å². The van der Waals surface area contributed by atoms with E-state index in [1.54, 1.807) is 0 Å². The number of rotatable bonds is 6. The normalized spacial score (nSPS) is 15.6. The van der Waals surface area contributed by atoms with E-state index in [9.17, 15) is 0 Å². The molecule has 14 heavy (non-hydrogen) atoms. The number of nitrogens with zero attached hydrogens (tertiary/aromatic N) is 2. The number of quaternary nitrogens is 2. The van der Waals surface area contributed by atoms with Gasteiger partial charge in [0.2, 0.25) is 0 Å². The van der Waals surface area contributed by atoms with Crippen molar-refractivity contribution < 1.29 is 8.97 Å². The van der Waals surface area contributed by atoms with Gasteiger partial charge in [0.25, 0.3) is 0 Å². The Balaban J connectivity index is 4.02. The van der Waals surface area contributed by atoms with Gasteiger partial charge in [0, 0.05) is 6.42 Å². The van der Waals surface area contributed by atoms with Crippen LogP contribution in [0.4, 0.5) is 0 Å². The molecule has 1 unspecified atom stereocenters. The van der Waals surface area contributed by atoms with Crippen molar-refractivity contribution in [1.29, 1.82) is 0 Å². The Hall–Kier alpha value is -0.0800. The van der Waals surface area contributed by atoms with Crippen molar-refractivity contribution in [3.8, 4) is 0 Å². The van der Waals surface area contributed by atoms with Crippen molar-refractivity contribution in [3.05, 3.63) is 0 Å². The number of hydrogen-bond donors (Lipinski definition) is 0. The zero-order valence-electron chi connectivity index (χ0n) is 11.3. The first kappa shape index (κ1) is 13.9. The standard InChI is InChI=1S/C12H30N2/c1-8-13(4,5)11-10-12(3)14(6,7)9-2/h12H,8-11H2,1-7H3/q+2. The Morgan fingerprint density at radius 1 is 0.929 bits per heavy atom. The minimum absolute atomic E-state index is 0.768. The van der Waals surface area contributed by atoms with Crippen LogP contribution in [-0.2, 0) is 0 Å². The molecule has 0 bridgehead atoms. The summed E-state index contributed by atoms with van der Waals surface area (Å²) in [7, 11) is 9.30. The molecule has 0 aliphatic carbocycles. The summed E-state index contributed by atoms with van der Waals surface area (Å²) in [5, 5.41) is 0. The molecule has 1 atom stereocenters. The van der Waals surface area contributed by atoms with Crippen LogP contribution in [0.3, 0.4) is 0 Å². The molecule has 0 spiro atoms. The zero-order chi connectivity index (χ0) is 11.4. The topological polar surface area (TPSA) is 0 Å². The van der Waals surface area contributed by atoms with Crippen LogP contribution in [0.1, 0.15) is 27.2 Å². The minimum atomic E-state index is 0.768. The molecule has 0 aliphatic rings. The van der Waals surface area contributed by atoms with Crippen molar-refractivity contribution in [3.63, 3.8) is 0 Å². The lowest BCUT2D eigenvalue weighted by atomic mass is 10.1. The average molecular weight is 202 g/mol. The third-order valence-electron chi connectivity index (χ3n) is 4.02. The van der Waals surface area contributed by atoms with E-state index in [1.165, 1.54) is 26.1 Å². The SMILES string of the molecule is CC[N+](C)(C)CCC(C)[N+](C)(C)CC. The van der Waals surface area contributed by atoms with Crippen LogP contribution in [0.25, 0.3) is 0 Å². The fourth-order valence-electron chi connectivity index (χ4n) is 1.36. The smallest absolute Gasteiger partial charge is 0.0911 e. The van der Waals surface area contributed by atoms with Crippen LogP contribution in [0.2, 0.25) is 0 Å². The fourth-order valence-corrected chi connectivity index (χ4v) is 1.36. The third-order valence-corrected chi connectivity index (χ3v) is 4.02. The van der Waals surface area contributed by atoms with Gasteiger partial charge in [-0.25, -0.2) is 0 Å². The van der Waals surface area contributed by atoms with E-state index in [1.807, 2.05) is 0 Å². The lowest BCUT2D eigenvalue weighted by Crippen LogP contribution is -2.50. The van der Waals surface area contributed by atoms with Crippen molar-refractivity contribution in [2.45, 2.75) is 33.2 Å². The molecule has 0 saturated carbocycles. The largest absolute Gasteiger partial charge is 0.329 e. The van der Waals surface area contributed by atoms with E-state index >= 15 is 0 Å². The molecule has 0 radical (unpaired) electrons. The summed E-state index contributed by atoms with van der Waals surface area (Å²) >= 11 is 0. The fraction of sp³-hybridized carbons (Fsp3) is 1.00. The minimum Gasteiger partial charge on any atom is -0.329 e. The molecule has 0 fully saturated rings. The third kappa shape index (κ3) is 4.43. The summed E-state index contributed by atoms with van der Waals surface area (Å²) < 4.78 is 2.29.